The maximum absolute atomic E-state index is 13.7. The number of hydrogen-bond donors (Lipinski definition) is 12. The van der Waals surface area contributed by atoms with E-state index in [2.05, 4.69) is 26.6 Å². The molecule has 10 unspecified atom stereocenters. The fourth-order valence-corrected chi connectivity index (χ4v) is 5.85. The molecule has 1 fully saturated rings. The predicted octanol–water partition coefficient (Wildman–Crippen LogP) is -3.39. The summed E-state index contributed by atoms with van der Waals surface area (Å²) in [6.45, 7) is 9.58. The van der Waals surface area contributed by atoms with Gasteiger partial charge in [-0.3, -0.25) is 33.6 Å². The number of ether oxygens (including phenoxy) is 1. The number of primary amides is 1. The lowest BCUT2D eigenvalue weighted by Crippen LogP contribution is -2.64. The van der Waals surface area contributed by atoms with Crippen molar-refractivity contribution < 1.29 is 73.7 Å². The Morgan fingerprint density at radius 3 is 1.38 bits per heavy atom. The molecule has 320 valence electrons. The zero-order chi connectivity index (χ0) is 43.0. The molecule has 21 heteroatoms. The Labute approximate surface area is 324 Å². The highest BCUT2D eigenvalue weighted by atomic mass is 16.5. The molecule has 0 aromatic rings. The SMILES string of the molecule is CC(C)CC(NC(=O)C(CC(C)C)NC(=O)C(CCC(N)=O)NC(=O)C(CCC(=O)O)NC(=O)C(CC(C)C)NC(=O)C1OC(CO)C(O)C(O)C1O)C(=O)O. The van der Waals surface area contributed by atoms with Gasteiger partial charge in [-0.2, -0.15) is 0 Å². The number of carbonyl (C=O) groups is 8. The van der Waals surface area contributed by atoms with E-state index in [4.69, 9.17) is 10.5 Å². The lowest BCUT2D eigenvalue weighted by atomic mass is 9.94. The van der Waals surface area contributed by atoms with Crippen molar-refractivity contribution in [1.82, 2.24) is 26.6 Å². The van der Waals surface area contributed by atoms with E-state index >= 15 is 0 Å². The summed E-state index contributed by atoms with van der Waals surface area (Å²) in [5.41, 5.74) is 5.30. The number of hydrogen-bond acceptors (Lipinski definition) is 13. The van der Waals surface area contributed by atoms with E-state index in [1.165, 1.54) is 0 Å². The standard InChI is InChI=1S/C35H60N6O15/c1-15(2)11-20(33(52)41-22(35(54)55)13-17(5)6)39-31(50)18(7-9-24(36)43)37-30(49)19(8-10-25(44)45)38-32(51)21(12-16(3)4)40-34(53)29-28(48)27(47)26(46)23(14-42)56-29/h15-23,26-29,42,46-48H,7-14H2,1-6H3,(H2,36,43)(H,37,49)(H,38,51)(H,39,50)(H,40,53)(H,41,52)(H,44,45)(H,54,55). The lowest BCUT2D eigenvalue weighted by Gasteiger charge is -2.39. The van der Waals surface area contributed by atoms with Crippen molar-refractivity contribution in [3.05, 3.63) is 0 Å². The second-order valence-electron chi connectivity index (χ2n) is 15.2. The van der Waals surface area contributed by atoms with Gasteiger partial charge in [-0.05, 0) is 49.9 Å². The Bertz CT molecular complexity index is 1380. The van der Waals surface area contributed by atoms with Crippen LogP contribution in [0, 0.1) is 17.8 Å². The van der Waals surface area contributed by atoms with Gasteiger partial charge in [0.2, 0.25) is 29.5 Å². The van der Waals surface area contributed by atoms with E-state index in [0.29, 0.717) is 0 Å². The third kappa shape index (κ3) is 16.7. The van der Waals surface area contributed by atoms with Gasteiger partial charge in [0.15, 0.2) is 6.10 Å². The highest BCUT2D eigenvalue weighted by Crippen LogP contribution is 2.22. The van der Waals surface area contributed by atoms with E-state index in [0.717, 1.165) is 0 Å². The summed E-state index contributed by atoms with van der Waals surface area (Å²) in [4.78, 5) is 102. The largest absolute Gasteiger partial charge is 0.481 e. The first-order chi connectivity index (χ1) is 26.0. The summed E-state index contributed by atoms with van der Waals surface area (Å²) in [6, 6.07) is -7.20. The molecule has 1 heterocycles. The van der Waals surface area contributed by atoms with E-state index in [-0.39, 0.29) is 37.0 Å². The molecular formula is C35H60N6O15. The number of carboxylic acid groups (broad SMARTS) is 2. The van der Waals surface area contributed by atoms with Crippen LogP contribution in [0.25, 0.3) is 0 Å². The number of aliphatic carboxylic acids is 2. The summed E-state index contributed by atoms with van der Waals surface area (Å²) < 4.78 is 5.27. The van der Waals surface area contributed by atoms with Crippen LogP contribution in [0.5, 0.6) is 0 Å². The van der Waals surface area contributed by atoms with Crippen LogP contribution in [0.1, 0.15) is 86.5 Å². The second-order valence-corrected chi connectivity index (χ2v) is 15.2. The molecule has 56 heavy (non-hydrogen) atoms. The topological polar surface area (TPSA) is 353 Å². The van der Waals surface area contributed by atoms with Gasteiger partial charge in [-0.1, -0.05) is 41.5 Å². The van der Waals surface area contributed by atoms with Crippen molar-refractivity contribution in [1.29, 1.82) is 0 Å². The Morgan fingerprint density at radius 2 is 0.964 bits per heavy atom. The number of nitrogens with two attached hydrogens (primary N) is 1. The number of aliphatic hydroxyl groups is 4. The number of carbonyl (C=O) groups excluding carboxylic acids is 6. The molecule has 0 saturated carbocycles. The Balaban J connectivity index is 3.36. The molecule has 10 atom stereocenters. The van der Waals surface area contributed by atoms with Crippen molar-refractivity contribution in [2.24, 2.45) is 23.5 Å². The fraction of sp³-hybridized carbons (Fsp3) is 0.771. The zero-order valence-corrected chi connectivity index (χ0v) is 32.6. The quantitative estimate of drug-likeness (QED) is 0.0453. The van der Waals surface area contributed by atoms with Crippen molar-refractivity contribution in [2.75, 3.05) is 6.61 Å². The first-order valence-corrected chi connectivity index (χ1v) is 18.5. The Kier molecular flexibility index (Phi) is 20.9. The first-order valence-electron chi connectivity index (χ1n) is 18.5. The number of aliphatic hydroxyl groups excluding tert-OH is 4. The molecule has 21 nitrogen and oxygen atoms in total. The Hall–Kier alpha value is -4.44. The first kappa shape index (κ1) is 49.6. The summed E-state index contributed by atoms with van der Waals surface area (Å²) in [5.74, 6) is -9.03. The second kappa shape index (κ2) is 23.6. The van der Waals surface area contributed by atoms with Crippen LogP contribution >= 0.6 is 0 Å². The highest BCUT2D eigenvalue weighted by Gasteiger charge is 2.47. The summed E-state index contributed by atoms with van der Waals surface area (Å²) >= 11 is 0. The third-order valence-electron chi connectivity index (χ3n) is 8.74. The van der Waals surface area contributed by atoms with Gasteiger partial charge in [0.05, 0.1) is 6.61 Å². The highest BCUT2D eigenvalue weighted by molar-refractivity contribution is 5.96. The van der Waals surface area contributed by atoms with Crippen LogP contribution in [0.3, 0.4) is 0 Å². The maximum Gasteiger partial charge on any atom is 0.326 e. The molecule has 1 aliphatic rings. The maximum atomic E-state index is 13.7. The molecule has 0 aromatic carbocycles. The van der Waals surface area contributed by atoms with Crippen molar-refractivity contribution in [3.63, 3.8) is 0 Å². The fourth-order valence-electron chi connectivity index (χ4n) is 5.85. The third-order valence-corrected chi connectivity index (χ3v) is 8.74. The minimum atomic E-state index is -1.96. The van der Waals surface area contributed by atoms with Crippen LogP contribution in [0.4, 0.5) is 0 Å². The molecule has 1 aliphatic heterocycles. The molecule has 0 radical (unpaired) electrons. The molecule has 0 bridgehead atoms. The predicted molar refractivity (Wildman–Crippen MR) is 195 cm³/mol. The summed E-state index contributed by atoms with van der Waals surface area (Å²) in [7, 11) is 0. The van der Waals surface area contributed by atoms with Crippen LogP contribution in [0.2, 0.25) is 0 Å². The van der Waals surface area contributed by atoms with E-state index < -0.39 is 140 Å². The number of rotatable bonds is 24. The number of nitrogens with one attached hydrogen (secondary N) is 5. The molecule has 13 N–H and O–H groups in total. The molecule has 6 amide bonds. The van der Waals surface area contributed by atoms with Crippen molar-refractivity contribution in [2.45, 2.75) is 147 Å². The van der Waals surface area contributed by atoms with Gasteiger partial charge >= 0.3 is 11.9 Å². The molecule has 0 aromatic heterocycles. The number of carboxylic acids is 2. The van der Waals surface area contributed by atoms with Crippen LogP contribution in [-0.4, -0.2) is 145 Å². The van der Waals surface area contributed by atoms with E-state index in [1.807, 2.05) is 0 Å². The molecular weight excluding hydrogens is 744 g/mol. The molecule has 1 rings (SSSR count). The van der Waals surface area contributed by atoms with Gasteiger partial charge in [-0.25, -0.2) is 4.79 Å². The summed E-state index contributed by atoms with van der Waals surface area (Å²) in [6.07, 6.45) is -10.8. The normalized spacial score (nSPS) is 22.3. The van der Waals surface area contributed by atoms with Gasteiger partial charge in [0.1, 0.15) is 54.6 Å². The Morgan fingerprint density at radius 1 is 0.571 bits per heavy atom. The van der Waals surface area contributed by atoms with Crippen LogP contribution < -0.4 is 32.3 Å². The zero-order valence-electron chi connectivity index (χ0n) is 32.6. The molecule has 0 aliphatic carbocycles. The van der Waals surface area contributed by atoms with E-state index in [9.17, 15) is 69.0 Å². The minimum absolute atomic E-state index is 0.0471. The van der Waals surface area contributed by atoms with Crippen LogP contribution in [-0.2, 0) is 43.1 Å². The van der Waals surface area contributed by atoms with Gasteiger partial charge in [0, 0.05) is 12.8 Å². The van der Waals surface area contributed by atoms with E-state index in [1.54, 1.807) is 41.5 Å². The average molecular weight is 805 g/mol. The van der Waals surface area contributed by atoms with Crippen molar-refractivity contribution >= 4 is 47.4 Å². The smallest absolute Gasteiger partial charge is 0.326 e. The summed E-state index contributed by atoms with van der Waals surface area (Å²) in [5, 5.41) is 71.1. The molecule has 1 saturated heterocycles. The van der Waals surface area contributed by atoms with Gasteiger partial charge < -0.3 is 67.7 Å². The lowest BCUT2D eigenvalue weighted by molar-refractivity contribution is -0.227. The van der Waals surface area contributed by atoms with Crippen molar-refractivity contribution in [3.8, 4) is 0 Å². The monoisotopic (exact) mass is 804 g/mol. The average Bonchev–Trinajstić information content (AvgIpc) is 3.08. The van der Waals surface area contributed by atoms with Crippen LogP contribution in [0.15, 0.2) is 0 Å². The van der Waals surface area contributed by atoms with Gasteiger partial charge in [0.25, 0.3) is 5.91 Å². The minimum Gasteiger partial charge on any atom is -0.481 e. The molecule has 0 spiro atoms. The van der Waals surface area contributed by atoms with Gasteiger partial charge in [-0.15, -0.1) is 0 Å². The number of amides is 6.